The van der Waals surface area contributed by atoms with Crippen LogP contribution >= 0.6 is 11.6 Å². The Bertz CT molecular complexity index is 7400. The number of piperazine rings is 3. The number of nitrogens with zero attached hydrogens (tertiary/aromatic N) is 23. The van der Waals surface area contributed by atoms with Crippen LogP contribution in [0.4, 0.5) is 49.5 Å². The lowest BCUT2D eigenvalue weighted by Crippen LogP contribution is -2.58. The molecule has 3 N–H and O–H groups in total. The van der Waals surface area contributed by atoms with Crippen LogP contribution in [0.3, 0.4) is 0 Å². The molecule has 0 saturated carbocycles. The van der Waals surface area contributed by atoms with Crippen molar-refractivity contribution in [2.24, 2.45) is 21.1 Å². The molecule has 14 heterocycles. The fourth-order valence-electron chi connectivity index (χ4n) is 19.1. The van der Waals surface area contributed by atoms with Gasteiger partial charge in [-0.3, -0.25) is 14.4 Å². The van der Waals surface area contributed by atoms with E-state index in [1.54, 1.807) is 69.8 Å². The van der Waals surface area contributed by atoms with Crippen molar-refractivity contribution >= 4 is 119 Å². The molecule has 3 aliphatic heterocycles. The minimum atomic E-state index is -0.835. The van der Waals surface area contributed by atoms with Crippen LogP contribution in [0, 0.1) is 48.8 Å². The van der Waals surface area contributed by atoms with Crippen LogP contribution in [0.1, 0.15) is 129 Å². The van der Waals surface area contributed by atoms with Crippen LogP contribution in [-0.4, -0.2) is 195 Å². The lowest BCUT2D eigenvalue weighted by molar-refractivity contribution is -0.129. The molecule has 38 heteroatoms. The molecule has 11 aromatic heterocycles. The van der Waals surface area contributed by atoms with E-state index in [9.17, 15) is 33.9 Å². The second kappa shape index (κ2) is 37.0. The monoisotopic (exact) mass is 1890 g/mol. The number of phenols is 1. The number of phenolic OH excluding ortho intramolecular Hbond substituents is 1. The standard InChI is InChI=1S/C33H32ClF2N7O3.C33H35F2N9O2.C33H34F2N8O2/c1-7-25(45)41-13-18(5)42(14-17(41)4)31-19-11-20(34)28(27-21(35)9-8-10-24(27)44)38-32(19)43(33(46)39-31)30-22(36)12-23-29(26(30)16(2)3)37-15-40(23)6;1-8-24(45)42-13-18(5)43(14-17(42)4)30-20-12-22(35)27(26-21(34)10-9-11-23(26)36)39-31(20)44(33(46)40-30)29-19(6)38-32-28(25(29)16(2)3)37-15-41(32)7;1-8-25(44)41-14-19(5)42(15-18(41)4)30-22-13-24(35)27(21-11-9-10-12-23(21)34)38-31(22)43(33(45)39-30)29-20(6)37-32-28(26(29)17(2)3)36-16-40(32)7/h7-12,15-18,44H,1,13-14H2,2-6H3;8-12,15-18H,1,13-14,36H2,2-7H3;8-13,16-19H,1,14-15H2,2-7H3/t2*17-,18+;18-,19+/m111/s1. The van der Waals surface area contributed by atoms with E-state index in [-0.39, 0.29) is 167 Å². The minimum absolute atomic E-state index is 0.00463. The third-order valence-corrected chi connectivity index (χ3v) is 25.9. The number of fused-ring (bicyclic) bond motifs is 6. The molecule has 3 saturated heterocycles. The maximum absolute atomic E-state index is 16.3. The number of amides is 3. The number of carbonyl (C=O) groups excluding carboxylic acids is 3. The summed E-state index contributed by atoms with van der Waals surface area (Å²) < 4.78 is 103. The molecule has 3 aliphatic rings. The Labute approximate surface area is 787 Å². The van der Waals surface area contributed by atoms with Crippen molar-refractivity contribution in [3.63, 3.8) is 0 Å². The van der Waals surface area contributed by atoms with Crippen LogP contribution in [0.15, 0.2) is 156 Å². The molecular formula is C99H101ClF6N24O7. The van der Waals surface area contributed by atoms with Gasteiger partial charge >= 0.3 is 17.1 Å². The van der Waals surface area contributed by atoms with Gasteiger partial charge in [-0.05, 0) is 146 Å². The van der Waals surface area contributed by atoms with E-state index >= 15 is 26.3 Å². The van der Waals surface area contributed by atoms with Crippen LogP contribution < -0.4 is 37.5 Å². The number of aromatic hydroxyl groups is 1. The molecule has 31 nitrogen and oxygen atoms in total. The van der Waals surface area contributed by atoms with E-state index in [1.807, 2.05) is 116 Å². The van der Waals surface area contributed by atoms with Crippen molar-refractivity contribution in [1.82, 2.24) is 96.9 Å². The molecule has 4 aromatic carbocycles. The quantitative estimate of drug-likeness (QED) is 0.0547. The number of nitrogen functional groups attached to an aromatic ring is 1. The summed E-state index contributed by atoms with van der Waals surface area (Å²) >= 11 is 6.75. The molecule has 0 radical (unpaired) electrons. The minimum Gasteiger partial charge on any atom is -0.507 e. The summed E-state index contributed by atoms with van der Waals surface area (Å²) in [4.78, 5) is 142. The predicted molar refractivity (Wildman–Crippen MR) is 517 cm³/mol. The average molecular weight is 1890 g/mol. The molecule has 708 valence electrons. The normalized spacial score (nSPS) is 17.0. The molecule has 0 unspecified atom stereocenters. The van der Waals surface area contributed by atoms with E-state index in [4.69, 9.17) is 27.3 Å². The van der Waals surface area contributed by atoms with E-state index in [1.165, 1.54) is 100 Å². The summed E-state index contributed by atoms with van der Waals surface area (Å²) in [6.07, 6.45) is 8.69. The highest BCUT2D eigenvalue weighted by atomic mass is 35.5. The first-order valence-corrected chi connectivity index (χ1v) is 45.0. The highest BCUT2D eigenvalue weighted by molar-refractivity contribution is 6.34. The lowest BCUT2D eigenvalue weighted by atomic mass is 9.98. The molecule has 0 aliphatic carbocycles. The van der Waals surface area contributed by atoms with Gasteiger partial charge in [0.15, 0.2) is 34.1 Å². The second-order valence-corrected chi connectivity index (χ2v) is 36.4. The summed E-state index contributed by atoms with van der Waals surface area (Å²) in [5.74, 6) is -5.35. The maximum atomic E-state index is 16.3. The molecule has 6 atom stereocenters. The number of hydrogen-bond acceptors (Lipinski definition) is 22. The molecule has 0 spiro atoms. The Morgan fingerprint density at radius 3 is 1.22 bits per heavy atom. The Morgan fingerprint density at radius 1 is 0.423 bits per heavy atom. The Kier molecular flexibility index (Phi) is 25.7. The first kappa shape index (κ1) is 95.1. The van der Waals surface area contributed by atoms with Crippen LogP contribution in [-0.2, 0) is 35.5 Å². The number of aryl methyl sites for hydroxylation is 5. The van der Waals surface area contributed by atoms with Crippen molar-refractivity contribution in [3.05, 3.63) is 241 Å². The number of benzene rings is 4. The second-order valence-electron chi connectivity index (χ2n) is 36.0. The number of anilines is 4. The zero-order valence-electron chi connectivity index (χ0n) is 78.5. The molecule has 0 bridgehead atoms. The molecule has 3 fully saturated rings. The smallest absolute Gasteiger partial charge is 0.355 e. The number of carbonyl (C=O) groups is 3. The highest BCUT2D eigenvalue weighted by Crippen LogP contribution is 2.45. The summed E-state index contributed by atoms with van der Waals surface area (Å²) in [7, 11) is 5.43. The molecule has 137 heavy (non-hydrogen) atoms. The van der Waals surface area contributed by atoms with Crippen molar-refractivity contribution in [3.8, 4) is 56.6 Å². The van der Waals surface area contributed by atoms with Gasteiger partial charge in [-0.2, -0.15) is 15.0 Å². The van der Waals surface area contributed by atoms with E-state index in [0.717, 1.165) is 21.8 Å². The molecule has 15 aromatic rings. The molecule has 18 rings (SSSR count). The van der Waals surface area contributed by atoms with Crippen molar-refractivity contribution in [1.29, 1.82) is 0 Å². The first-order chi connectivity index (χ1) is 65.1. The summed E-state index contributed by atoms with van der Waals surface area (Å²) in [5, 5.41) is 11.4. The largest absolute Gasteiger partial charge is 0.507 e. The van der Waals surface area contributed by atoms with Gasteiger partial charge in [0.25, 0.3) is 0 Å². The zero-order chi connectivity index (χ0) is 98.7. The van der Waals surface area contributed by atoms with Crippen molar-refractivity contribution in [2.75, 3.05) is 59.7 Å². The number of aromatic nitrogens is 17. The van der Waals surface area contributed by atoms with Gasteiger partial charge in [-0.1, -0.05) is 97.1 Å². The number of halogens is 7. The Balaban J connectivity index is 0.000000149. The fraction of sp³-hybridized carbons (Fsp3) is 0.323. The molecule has 3 amide bonds. The van der Waals surface area contributed by atoms with Gasteiger partial charge in [0.2, 0.25) is 17.7 Å². The fourth-order valence-corrected chi connectivity index (χ4v) is 19.3. The zero-order valence-corrected chi connectivity index (χ0v) is 79.3. The highest BCUT2D eigenvalue weighted by Gasteiger charge is 2.41. The average Bonchev–Trinajstić information content (AvgIpc) is 1.71. The van der Waals surface area contributed by atoms with Crippen LogP contribution in [0.25, 0.3) is 117 Å². The SMILES string of the molecule is C=CC(=O)N1C[C@H](C)N(c2nc(=O)n(-c3c(C)nc4c(ncn4C)c3C(C)C)c3nc(-c4c(N)cccc4F)c(F)cc23)C[C@H]1C.C=CC(=O)N1C[C@H](C)N(c2nc(=O)n(-c3c(C)nc4c(ncn4C)c3C(C)C)c3nc(-c4ccccc4F)c(F)cc23)C[C@H]1C.C=CC(=O)N1C[C@H](C)N(c2nc(=O)n(-c3c(F)cc4c(ncn4C)c3C(C)C)c3nc(-c4c(O)cccc4F)c(Cl)cc23)C[C@H]1C. The molecular weight excluding hydrogens is 1790 g/mol. The summed E-state index contributed by atoms with van der Waals surface area (Å²) in [6, 6.07) is 17.3. The van der Waals surface area contributed by atoms with Crippen molar-refractivity contribution < 1.29 is 45.8 Å². The maximum Gasteiger partial charge on any atom is 0.355 e. The third kappa shape index (κ3) is 16.6. The number of hydrogen-bond donors (Lipinski definition) is 2. The van der Waals surface area contributed by atoms with Gasteiger partial charge < -0.3 is 53.9 Å². The predicted octanol–water partition coefficient (Wildman–Crippen LogP) is 15.4. The van der Waals surface area contributed by atoms with E-state index < -0.39 is 57.7 Å². The summed E-state index contributed by atoms with van der Waals surface area (Å²) in [6.45, 7) is 39.4. The summed E-state index contributed by atoms with van der Waals surface area (Å²) in [5.41, 5.74) is 10.2. The number of nitrogens with two attached hydrogens (primary N) is 1. The third-order valence-electron chi connectivity index (χ3n) is 25.6. The van der Waals surface area contributed by atoms with Crippen LogP contribution in [0.5, 0.6) is 5.75 Å². The number of pyridine rings is 5. The Morgan fingerprint density at radius 2 is 0.796 bits per heavy atom. The van der Waals surface area contributed by atoms with E-state index in [2.05, 4.69) is 64.6 Å². The van der Waals surface area contributed by atoms with Crippen LogP contribution in [0.2, 0.25) is 5.02 Å². The van der Waals surface area contributed by atoms with Crippen molar-refractivity contribution in [2.45, 2.75) is 151 Å². The van der Waals surface area contributed by atoms with E-state index in [0.29, 0.717) is 106 Å². The van der Waals surface area contributed by atoms with Gasteiger partial charge in [-0.15, -0.1) is 0 Å². The number of imidazole rings is 3. The Hall–Kier alpha value is -15.0. The number of rotatable bonds is 15. The first-order valence-electron chi connectivity index (χ1n) is 44.6. The topological polar surface area (TPSA) is 339 Å². The van der Waals surface area contributed by atoms with Gasteiger partial charge in [0, 0.05) is 131 Å². The van der Waals surface area contributed by atoms with Gasteiger partial charge in [0.1, 0.15) is 74.7 Å². The van der Waals surface area contributed by atoms with Gasteiger partial charge in [-0.25, -0.2) is 94.3 Å². The van der Waals surface area contributed by atoms with Gasteiger partial charge in [0.05, 0.1) is 96.5 Å². The lowest BCUT2D eigenvalue weighted by Gasteiger charge is -2.44.